The fraction of sp³-hybridized carbons (Fsp3) is 0.600. The van der Waals surface area contributed by atoms with Crippen molar-refractivity contribution in [2.24, 2.45) is 0 Å². The Hall–Kier alpha value is -1.06. The second kappa shape index (κ2) is 7.39. The maximum absolute atomic E-state index is 9.05. The first-order chi connectivity index (χ1) is 8.58. The number of hydrogen-bond donors (Lipinski definition) is 2. The minimum Gasteiger partial charge on any atom is -0.395 e. The number of aliphatic hydroxyl groups excluding tert-OH is 1. The lowest BCUT2D eigenvalue weighted by atomic mass is 10.1. The van der Waals surface area contributed by atoms with Crippen molar-refractivity contribution < 1.29 is 5.11 Å². The smallest absolute Gasteiger partial charge is 0.0606 e. The molecular formula is C15H26N2O. The van der Waals surface area contributed by atoms with E-state index in [-0.39, 0.29) is 6.61 Å². The van der Waals surface area contributed by atoms with Crippen molar-refractivity contribution >= 4 is 5.69 Å². The molecule has 0 amide bonds. The number of nitrogens with zero attached hydrogens (tertiary/aromatic N) is 1. The zero-order chi connectivity index (χ0) is 13.5. The molecule has 0 fully saturated rings. The van der Waals surface area contributed by atoms with E-state index in [4.69, 9.17) is 5.11 Å². The second-order valence-electron chi connectivity index (χ2n) is 4.95. The summed E-state index contributed by atoms with van der Waals surface area (Å²) in [5.41, 5.74) is 3.84. The fourth-order valence-corrected chi connectivity index (χ4v) is 1.98. The Morgan fingerprint density at radius 2 is 2.06 bits per heavy atom. The monoisotopic (exact) mass is 250 g/mol. The van der Waals surface area contributed by atoms with E-state index in [1.54, 1.807) is 0 Å². The number of benzene rings is 1. The third-order valence-electron chi connectivity index (χ3n) is 3.14. The van der Waals surface area contributed by atoms with Gasteiger partial charge in [-0.15, -0.1) is 0 Å². The van der Waals surface area contributed by atoms with Gasteiger partial charge in [0.25, 0.3) is 0 Å². The van der Waals surface area contributed by atoms with E-state index in [9.17, 15) is 0 Å². The summed E-state index contributed by atoms with van der Waals surface area (Å²) in [5, 5.41) is 12.5. The van der Waals surface area contributed by atoms with Gasteiger partial charge in [0.2, 0.25) is 0 Å². The van der Waals surface area contributed by atoms with Crippen molar-refractivity contribution in [1.82, 2.24) is 5.32 Å². The molecule has 1 aromatic carbocycles. The summed E-state index contributed by atoms with van der Waals surface area (Å²) in [6.07, 6.45) is 0. The highest BCUT2D eigenvalue weighted by atomic mass is 16.3. The highest BCUT2D eigenvalue weighted by Crippen LogP contribution is 2.19. The molecule has 0 aromatic heterocycles. The van der Waals surface area contributed by atoms with Crippen LogP contribution in [0.1, 0.15) is 31.9 Å². The summed E-state index contributed by atoms with van der Waals surface area (Å²) < 4.78 is 0. The van der Waals surface area contributed by atoms with E-state index in [0.717, 1.165) is 13.1 Å². The molecule has 0 saturated heterocycles. The maximum Gasteiger partial charge on any atom is 0.0606 e. The number of nitrogens with one attached hydrogen (secondary N) is 1. The molecule has 18 heavy (non-hydrogen) atoms. The number of aryl methyl sites for hydroxylation is 1. The molecule has 0 aliphatic carbocycles. The summed E-state index contributed by atoms with van der Waals surface area (Å²) in [4.78, 5) is 2.19. The predicted octanol–water partition coefficient (Wildman–Crippen LogP) is 2.31. The van der Waals surface area contributed by atoms with Crippen LogP contribution in [0.4, 0.5) is 5.69 Å². The number of anilines is 1. The highest BCUT2D eigenvalue weighted by Gasteiger charge is 2.06. The lowest BCUT2D eigenvalue weighted by Gasteiger charge is -2.23. The zero-order valence-corrected chi connectivity index (χ0v) is 12.0. The molecule has 0 atom stereocenters. The average Bonchev–Trinajstić information content (AvgIpc) is 2.34. The molecule has 102 valence electrons. The van der Waals surface area contributed by atoms with Crippen molar-refractivity contribution in [2.75, 3.05) is 24.6 Å². The van der Waals surface area contributed by atoms with Gasteiger partial charge in [0.05, 0.1) is 6.61 Å². The molecule has 0 radical (unpaired) electrons. The Kier molecular flexibility index (Phi) is 6.16. The summed E-state index contributed by atoms with van der Waals surface area (Å²) >= 11 is 0. The first-order valence-electron chi connectivity index (χ1n) is 6.77. The third-order valence-corrected chi connectivity index (χ3v) is 3.14. The van der Waals surface area contributed by atoms with Gasteiger partial charge in [-0.2, -0.15) is 0 Å². The summed E-state index contributed by atoms with van der Waals surface area (Å²) in [7, 11) is 0. The summed E-state index contributed by atoms with van der Waals surface area (Å²) in [6, 6.07) is 7.03. The van der Waals surface area contributed by atoms with E-state index in [1.165, 1.54) is 16.8 Å². The Bertz CT molecular complexity index is 364. The second-order valence-corrected chi connectivity index (χ2v) is 4.95. The molecule has 0 unspecified atom stereocenters. The molecule has 0 bridgehead atoms. The first-order valence-corrected chi connectivity index (χ1v) is 6.77. The van der Waals surface area contributed by atoms with Gasteiger partial charge in [-0.1, -0.05) is 19.9 Å². The number of hydrogen-bond acceptors (Lipinski definition) is 3. The van der Waals surface area contributed by atoms with Crippen LogP contribution in [0.2, 0.25) is 0 Å². The lowest BCUT2D eigenvalue weighted by molar-refractivity contribution is 0.302. The first kappa shape index (κ1) is 15.0. The Labute approximate surface area is 111 Å². The van der Waals surface area contributed by atoms with E-state index in [1.807, 2.05) is 0 Å². The Morgan fingerprint density at radius 1 is 1.33 bits per heavy atom. The van der Waals surface area contributed by atoms with Gasteiger partial charge in [0, 0.05) is 31.4 Å². The Balaban J connectivity index is 2.77. The van der Waals surface area contributed by atoms with Gasteiger partial charge >= 0.3 is 0 Å². The van der Waals surface area contributed by atoms with Gasteiger partial charge in [-0.05, 0) is 37.1 Å². The van der Waals surface area contributed by atoms with Gasteiger partial charge in [-0.25, -0.2) is 0 Å². The Morgan fingerprint density at radius 3 is 2.56 bits per heavy atom. The van der Waals surface area contributed by atoms with E-state index in [2.05, 4.69) is 56.1 Å². The van der Waals surface area contributed by atoms with Gasteiger partial charge in [0.1, 0.15) is 0 Å². The molecule has 0 aliphatic rings. The highest BCUT2D eigenvalue weighted by molar-refractivity contribution is 5.50. The summed E-state index contributed by atoms with van der Waals surface area (Å²) in [5.74, 6) is 0. The maximum atomic E-state index is 9.05. The van der Waals surface area contributed by atoms with Crippen LogP contribution < -0.4 is 10.2 Å². The van der Waals surface area contributed by atoms with E-state index >= 15 is 0 Å². The van der Waals surface area contributed by atoms with Crippen LogP contribution in [0, 0.1) is 6.92 Å². The van der Waals surface area contributed by atoms with E-state index < -0.39 is 0 Å². The van der Waals surface area contributed by atoms with E-state index in [0.29, 0.717) is 12.6 Å². The number of likely N-dealkylation sites (N-methyl/N-ethyl adjacent to an activating group) is 1. The predicted molar refractivity (Wildman–Crippen MR) is 78.1 cm³/mol. The molecule has 2 N–H and O–H groups in total. The molecular weight excluding hydrogens is 224 g/mol. The van der Waals surface area contributed by atoms with Crippen molar-refractivity contribution in [2.45, 2.75) is 40.3 Å². The van der Waals surface area contributed by atoms with Gasteiger partial charge < -0.3 is 15.3 Å². The minimum absolute atomic E-state index is 0.198. The average molecular weight is 250 g/mol. The fourth-order valence-electron chi connectivity index (χ4n) is 1.98. The standard InChI is InChI=1S/C15H26N2O/c1-5-17(8-9-18)15-7-6-14(13(4)10-15)11-16-12(2)3/h6-7,10,12,16,18H,5,8-9,11H2,1-4H3. The van der Waals surface area contributed by atoms with Crippen LogP contribution in [0.15, 0.2) is 18.2 Å². The topological polar surface area (TPSA) is 35.5 Å². The normalized spacial score (nSPS) is 11.0. The molecule has 3 nitrogen and oxygen atoms in total. The van der Waals surface area contributed by atoms with Crippen LogP contribution in [-0.2, 0) is 6.54 Å². The largest absolute Gasteiger partial charge is 0.395 e. The minimum atomic E-state index is 0.198. The third kappa shape index (κ3) is 4.31. The SMILES string of the molecule is CCN(CCO)c1ccc(CNC(C)C)c(C)c1. The van der Waals surface area contributed by atoms with Crippen LogP contribution in [0.3, 0.4) is 0 Å². The molecule has 0 saturated carbocycles. The summed E-state index contributed by atoms with van der Waals surface area (Å²) in [6.45, 7) is 11.3. The van der Waals surface area contributed by atoms with Crippen LogP contribution >= 0.6 is 0 Å². The lowest BCUT2D eigenvalue weighted by Crippen LogP contribution is -2.26. The number of aliphatic hydroxyl groups is 1. The molecule has 0 heterocycles. The molecule has 1 aromatic rings. The van der Waals surface area contributed by atoms with Crippen LogP contribution in [0.5, 0.6) is 0 Å². The van der Waals surface area contributed by atoms with Crippen molar-refractivity contribution in [3.63, 3.8) is 0 Å². The molecule has 0 aliphatic heterocycles. The molecule has 1 rings (SSSR count). The molecule has 0 spiro atoms. The van der Waals surface area contributed by atoms with Crippen LogP contribution in [-0.4, -0.2) is 30.8 Å². The van der Waals surface area contributed by atoms with Crippen LogP contribution in [0.25, 0.3) is 0 Å². The van der Waals surface area contributed by atoms with Gasteiger partial charge in [0.15, 0.2) is 0 Å². The number of rotatable bonds is 7. The molecule has 3 heteroatoms. The van der Waals surface area contributed by atoms with Crippen molar-refractivity contribution in [3.8, 4) is 0 Å². The quantitative estimate of drug-likeness (QED) is 0.779. The van der Waals surface area contributed by atoms with Crippen molar-refractivity contribution in [1.29, 1.82) is 0 Å². The zero-order valence-electron chi connectivity index (χ0n) is 12.0. The van der Waals surface area contributed by atoms with Gasteiger partial charge in [-0.3, -0.25) is 0 Å². The van der Waals surface area contributed by atoms with Crippen molar-refractivity contribution in [3.05, 3.63) is 29.3 Å².